The third kappa shape index (κ3) is 2.54. The van der Waals surface area contributed by atoms with Gasteiger partial charge in [-0.05, 0) is 31.7 Å². The molecule has 1 amide bonds. The molecule has 0 saturated carbocycles. The number of fused-ring (bicyclic) bond motifs is 1. The van der Waals surface area contributed by atoms with Gasteiger partial charge in [0, 0.05) is 4.88 Å². The van der Waals surface area contributed by atoms with E-state index in [9.17, 15) is 4.79 Å². The standard InChI is InChI=1S/C13H15N3O2S/c14-6-9-5-8(7-18-9)12(17)16-13-15-10-3-1-2-4-11(10)19-13/h5,7H,1-4,6,14H2,(H,15,16,17). The number of carbonyl (C=O) groups is 1. The number of carbonyl (C=O) groups excluding carboxylic acids is 1. The van der Waals surface area contributed by atoms with E-state index in [1.165, 1.54) is 24.0 Å². The fourth-order valence-electron chi connectivity index (χ4n) is 2.18. The molecule has 0 fully saturated rings. The van der Waals surface area contributed by atoms with E-state index in [0.717, 1.165) is 18.5 Å². The van der Waals surface area contributed by atoms with Crippen LogP contribution in [0.2, 0.25) is 0 Å². The molecule has 0 atom stereocenters. The van der Waals surface area contributed by atoms with Crippen LogP contribution in [-0.4, -0.2) is 10.9 Å². The van der Waals surface area contributed by atoms with Gasteiger partial charge in [0.2, 0.25) is 0 Å². The van der Waals surface area contributed by atoms with Crippen LogP contribution in [-0.2, 0) is 19.4 Å². The van der Waals surface area contributed by atoms with Gasteiger partial charge in [-0.25, -0.2) is 4.98 Å². The minimum Gasteiger partial charge on any atom is -0.467 e. The van der Waals surface area contributed by atoms with Gasteiger partial charge >= 0.3 is 0 Å². The lowest BCUT2D eigenvalue weighted by atomic mass is 10.0. The van der Waals surface area contributed by atoms with Crippen molar-refractivity contribution in [1.29, 1.82) is 0 Å². The molecule has 0 spiro atoms. The lowest BCUT2D eigenvalue weighted by Gasteiger charge is -2.06. The second-order valence-corrected chi connectivity index (χ2v) is 5.64. The first-order chi connectivity index (χ1) is 9.26. The molecule has 0 aromatic carbocycles. The Bertz CT molecular complexity index is 579. The monoisotopic (exact) mass is 277 g/mol. The van der Waals surface area contributed by atoms with Gasteiger partial charge in [-0.15, -0.1) is 11.3 Å². The molecule has 3 N–H and O–H groups in total. The third-order valence-electron chi connectivity index (χ3n) is 3.18. The van der Waals surface area contributed by atoms with Crippen LogP contribution in [0.15, 0.2) is 16.7 Å². The van der Waals surface area contributed by atoms with Crippen LogP contribution in [0, 0.1) is 0 Å². The van der Waals surface area contributed by atoms with Crippen LogP contribution in [0.1, 0.15) is 39.5 Å². The predicted octanol–water partition coefficient (Wildman–Crippen LogP) is 2.33. The maximum absolute atomic E-state index is 12.0. The molecule has 0 unspecified atom stereocenters. The van der Waals surface area contributed by atoms with Gasteiger partial charge in [0.1, 0.15) is 12.0 Å². The molecule has 19 heavy (non-hydrogen) atoms. The zero-order chi connectivity index (χ0) is 13.2. The Morgan fingerprint density at radius 3 is 3.05 bits per heavy atom. The van der Waals surface area contributed by atoms with Crippen molar-refractivity contribution in [1.82, 2.24) is 4.98 Å². The van der Waals surface area contributed by atoms with E-state index in [0.29, 0.717) is 23.0 Å². The Balaban J connectivity index is 1.73. The summed E-state index contributed by atoms with van der Waals surface area (Å²) in [7, 11) is 0. The van der Waals surface area contributed by atoms with E-state index in [2.05, 4.69) is 10.3 Å². The SMILES string of the molecule is NCc1cc(C(=O)Nc2nc3c(s2)CCCC3)co1. The van der Waals surface area contributed by atoms with Crippen molar-refractivity contribution in [2.45, 2.75) is 32.2 Å². The first kappa shape index (κ1) is 12.4. The summed E-state index contributed by atoms with van der Waals surface area (Å²) in [5, 5.41) is 3.49. The maximum Gasteiger partial charge on any atom is 0.260 e. The minimum absolute atomic E-state index is 0.199. The number of hydrogen-bond donors (Lipinski definition) is 2. The molecule has 6 heteroatoms. The first-order valence-electron chi connectivity index (χ1n) is 6.33. The van der Waals surface area contributed by atoms with Crippen LogP contribution in [0.4, 0.5) is 5.13 Å². The molecular weight excluding hydrogens is 262 g/mol. The number of aryl methyl sites for hydroxylation is 2. The Morgan fingerprint density at radius 2 is 2.32 bits per heavy atom. The van der Waals surface area contributed by atoms with Crippen molar-refractivity contribution in [3.05, 3.63) is 34.2 Å². The first-order valence-corrected chi connectivity index (χ1v) is 7.15. The quantitative estimate of drug-likeness (QED) is 0.902. The number of rotatable bonds is 3. The number of nitrogens with zero attached hydrogens (tertiary/aromatic N) is 1. The zero-order valence-electron chi connectivity index (χ0n) is 10.4. The number of anilines is 1. The number of aromatic nitrogens is 1. The number of nitrogens with two attached hydrogens (primary N) is 1. The molecule has 0 bridgehead atoms. The van der Waals surface area contributed by atoms with Gasteiger partial charge < -0.3 is 10.2 Å². The van der Waals surface area contributed by atoms with E-state index in [-0.39, 0.29) is 5.91 Å². The van der Waals surface area contributed by atoms with Gasteiger partial charge in [-0.1, -0.05) is 0 Å². The molecule has 3 rings (SSSR count). The fraction of sp³-hybridized carbons (Fsp3) is 0.385. The molecule has 2 heterocycles. The summed E-state index contributed by atoms with van der Waals surface area (Å²) >= 11 is 1.57. The highest BCUT2D eigenvalue weighted by Gasteiger charge is 2.17. The van der Waals surface area contributed by atoms with Gasteiger partial charge in [0.15, 0.2) is 5.13 Å². The lowest BCUT2D eigenvalue weighted by Crippen LogP contribution is -2.10. The average Bonchev–Trinajstić information content (AvgIpc) is 3.04. The summed E-state index contributed by atoms with van der Waals surface area (Å²) in [6.45, 7) is 0.291. The molecule has 0 radical (unpaired) electrons. The second-order valence-electron chi connectivity index (χ2n) is 4.56. The summed E-state index contributed by atoms with van der Waals surface area (Å²) in [5.74, 6) is 0.401. The summed E-state index contributed by atoms with van der Waals surface area (Å²) in [6.07, 6.45) is 5.91. The highest BCUT2D eigenvalue weighted by atomic mass is 32.1. The van der Waals surface area contributed by atoms with Gasteiger partial charge in [0.25, 0.3) is 5.91 Å². The van der Waals surface area contributed by atoms with Crippen molar-refractivity contribution >= 4 is 22.4 Å². The van der Waals surface area contributed by atoms with Crippen molar-refractivity contribution in [3.8, 4) is 0 Å². The highest BCUT2D eigenvalue weighted by Crippen LogP contribution is 2.29. The normalized spacial score (nSPS) is 14.2. The number of amides is 1. The number of hydrogen-bond acceptors (Lipinski definition) is 5. The van der Waals surface area contributed by atoms with Crippen LogP contribution in [0.5, 0.6) is 0 Å². The van der Waals surface area contributed by atoms with Crippen molar-refractivity contribution < 1.29 is 9.21 Å². The largest absolute Gasteiger partial charge is 0.467 e. The molecule has 5 nitrogen and oxygen atoms in total. The highest BCUT2D eigenvalue weighted by molar-refractivity contribution is 7.15. The predicted molar refractivity (Wildman–Crippen MR) is 73.3 cm³/mol. The smallest absolute Gasteiger partial charge is 0.260 e. The van der Waals surface area contributed by atoms with Gasteiger partial charge in [0.05, 0.1) is 17.8 Å². The van der Waals surface area contributed by atoms with Crippen molar-refractivity contribution in [3.63, 3.8) is 0 Å². The minimum atomic E-state index is -0.199. The number of thiazole rings is 1. The Morgan fingerprint density at radius 1 is 1.47 bits per heavy atom. The van der Waals surface area contributed by atoms with Crippen molar-refractivity contribution in [2.24, 2.45) is 5.73 Å². The Labute approximate surface area is 114 Å². The fourth-order valence-corrected chi connectivity index (χ4v) is 3.23. The molecule has 2 aromatic rings. The number of nitrogens with one attached hydrogen (secondary N) is 1. The van der Waals surface area contributed by atoms with Crippen LogP contribution < -0.4 is 11.1 Å². The topological polar surface area (TPSA) is 81.2 Å². The van der Waals surface area contributed by atoms with E-state index >= 15 is 0 Å². The average molecular weight is 277 g/mol. The lowest BCUT2D eigenvalue weighted by molar-refractivity contribution is 0.102. The van der Waals surface area contributed by atoms with E-state index in [1.807, 2.05) is 0 Å². The second kappa shape index (κ2) is 5.14. The molecule has 1 aliphatic carbocycles. The molecule has 2 aromatic heterocycles. The van der Waals surface area contributed by atoms with Gasteiger partial charge in [-0.2, -0.15) is 0 Å². The van der Waals surface area contributed by atoms with E-state index in [1.54, 1.807) is 17.4 Å². The summed E-state index contributed by atoms with van der Waals surface area (Å²) < 4.78 is 5.15. The van der Waals surface area contributed by atoms with Gasteiger partial charge in [-0.3, -0.25) is 10.1 Å². The number of furan rings is 1. The van der Waals surface area contributed by atoms with E-state index < -0.39 is 0 Å². The van der Waals surface area contributed by atoms with Crippen LogP contribution in [0.25, 0.3) is 0 Å². The molecule has 0 saturated heterocycles. The Hall–Kier alpha value is -1.66. The summed E-state index contributed by atoms with van der Waals surface area (Å²) in [4.78, 5) is 17.8. The summed E-state index contributed by atoms with van der Waals surface area (Å²) in [5.41, 5.74) is 7.07. The van der Waals surface area contributed by atoms with Crippen LogP contribution >= 0.6 is 11.3 Å². The third-order valence-corrected chi connectivity index (χ3v) is 4.26. The zero-order valence-corrected chi connectivity index (χ0v) is 11.3. The molecule has 1 aliphatic rings. The Kier molecular flexibility index (Phi) is 3.35. The summed E-state index contributed by atoms with van der Waals surface area (Å²) in [6, 6.07) is 1.66. The molecule has 100 valence electrons. The van der Waals surface area contributed by atoms with Crippen LogP contribution in [0.3, 0.4) is 0 Å². The maximum atomic E-state index is 12.0. The molecular formula is C13H15N3O2S. The van der Waals surface area contributed by atoms with E-state index in [4.69, 9.17) is 10.2 Å². The van der Waals surface area contributed by atoms with Crippen molar-refractivity contribution in [2.75, 3.05) is 5.32 Å². The molecule has 0 aliphatic heterocycles.